The highest BCUT2D eigenvalue weighted by molar-refractivity contribution is 9.10. The lowest BCUT2D eigenvalue weighted by Crippen LogP contribution is -2.54. The summed E-state index contributed by atoms with van der Waals surface area (Å²) in [4.78, 5) is 13.5. The maximum Gasteiger partial charge on any atom is 0.262 e. The Bertz CT molecular complexity index is 853. The van der Waals surface area contributed by atoms with Gasteiger partial charge in [-0.2, -0.15) is 0 Å². The van der Waals surface area contributed by atoms with E-state index in [9.17, 15) is 9.90 Å². The summed E-state index contributed by atoms with van der Waals surface area (Å²) in [5.74, 6) is -0.195. The first-order valence-electron chi connectivity index (χ1n) is 8.82. The van der Waals surface area contributed by atoms with Gasteiger partial charge in [-0.3, -0.25) is 4.79 Å². The highest BCUT2D eigenvalue weighted by Crippen LogP contribution is 2.36. The number of carbonyl (C=O) groups excluding carboxylic acids is 1. The normalized spacial score (nSPS) is 12.8. The van der Waals surface area contributed by atoms with Crippen LogP contribution in [0.5, 0.6) is 0 Å². The van der Waals surface area contributed by atoms with Crippen LogP contribution in [-0.2, 0) is 5.60 Å². The molecule has 0 bridgehead atoms. The van der Waals surface area contributed by atoms with E-state index in [-0.39, 0.29) is 11.8 Å². The van der Waals surface area contributed by atoms with Crippen molar-refractivity contribution in [3.05, 3.63) is 92.6 Å². The van der Waals surface area contributed by atoms with Crippen LogP contribution in [-0.4, -0.2) is 17.1 Å². The van der Waals surface area contributed by atoms with Crippen LogP contribution >= 0.6 is 27.3 Å². The van der Waals surface area contributed by atoms with E-state index in [1.807, 2.05) is 86.0 Å². The van der Waals surface area contributed by atoms with Crippen LogP contribution in [0, 0.1) is 5.92 Å². The molecule has 0 aliphatic carbocycles. The summed E-state index contributed by atoms with van der Waals surface area (Å²) in [6, 6.07) is 20.4. The van der Waals surface area contributed by atoms with Gasteiger partial charge in [-0.25, -0.2) is 0 Å². The van der Waals surface area contributed by atoms with E-state index in [0.717, 1.165) is 15.6 Å². The molecule has 5 heteroatoms. The Kier molecular flexibility index (Phi) is 6.15. The van der Waals surface area contributed by atoms with Gasteiger partial charge < -0.3 is 10.4 Å². The van der Waals surface area contributed by atoms with Gasteiger partial charge in [-0.15, -0.1) is 11.3 Å². The van der Waals surface area contributed by atoms with Crippen LogP contribution in [0.4, 0.5) is 0 Å². The van der Waals surface area contributed by atoms with Crippen molar-refractivity contribution in [2.45, 2.75) is 25.5 Å². The number of rotatable bonds is 6. The molecular weight excluding hydrogens is 422 g/mol. The van der Waals surface area contributed by atoms with Crippen molar-refractivity contribution in [2.24, 2.45) is 5.92 Å². The molecule has 0 saturated carbocycles. The third-order valence-corrected chi connectivity index (χ3v) is 6.49. The monoisotopic (exact) mass is 443 g/mol. The topological polar surface area (TPSA) is 49.3 Å². The number of carbonyl (C=O) groups is 1. The van der Waals surface area contributed by atoms with Gasteiger partial charge in [0.2, 0.25) is 0 Å². The fourth-order valence-electron chi connectivity index (χ4n) is 3.33. The second-order valence-electron chi connectivity index (χ2n) is 6.79. The minimum absolute atomic E-state index is 0.00176. The van der Waals surface area contributed by atoms with Crippen molar-refractivity contribution < 1.29 is 9.90 Å². The van der Waals surface area contributed by atoms with Crippen LogP contribution in [0.25, 0.3) is 0 Å². The van der Waals surface area contributed by atoms with Gasteiger partial charge in [0.1, 0.15) is 10.5 Å². The number of hydrogen-bond donors (Lipinski definition) is 2. The molecule has 140 valence electrons. The highest BCUT2D eigenvalue weighted by atomic mass is 79.9. The molecule has 3 aromatic rings. The van der Waals surface area contributed by atoms with E-state index in [0.29, 0.717) is 4.88 Å². The molecule has 0 aliphatic rings. The third kappa shape index (κ3) is 4.00. The molecule has 0 saturated heterocycles. The summed E-state index contributed by atoms with van der Waals surface area (Å²) >= 11 is 4.79. The molecule has 1 heterocycles. The van der Waals surface area contributed by atoms with Gasteiger partial charge in [0.05, 0.1) is 6.04 Å². The average molecular weight is 444 g/mol. The Hall–Kier alpha value is -1.95. The fraction of sp³-hybridized carbons (Fsp3) is 0.227. The number of thiophene rings is 1. The fourth-order valence-corrected chi connectivity index (χ4v) is 4.78. The van der Waals surface area contributed by atoms with E-state index in [1.165, 1.54) is 11.3 Å². The maximum atomic E-state index is 12.9. The van der Waals surface area contributed by atoms with Crippen molar-refractivity contribution in [3.63, 3.8) is 0 Å². The highest BCUT2D eigenvalue weighted by Gasteiger charge is 2.43. The molecule has 0 radical (unpaired) electrons. The third-order valence-electron chi connectivity index (χ3n) is 4.65. The lowest BCUT2D eigenvalue weighted by atomic mass is 9.76. The first-order valence-corrected chi connectivity index (χ1v) is 10.5. The molecule has 3 nitrogen and oxygen atoms in total. The molecule has 1 amide bonds. The molecule has 2 N–H and O–H groups in total. The zero-order valence-corrected chi connectivity index (χ0v) is 17.6. The predicted molar refractivity (Wildman–Crippen MR) is 114 cm³/mol. The summed E-state index contributed by atoms with van der Waals surface area (Å²) in [7, 11) is 0. The number of aliphatic hydroxyl groups is 1. The maximum absolute atomic E-state index is 12.9. The second kappa shape index (κ2) is 8.38. The van der Waals surface area contributed by atoms with E-state index in [2.05, 4.69) is 21.2 Å². The summed E-state index contributed by atoms with van der Waals surface area (Å²) in [6.07, 6.45) is 0. The molecule has 3 rings (SSSR count). The van der Waals surface area contributed by atoms with Crippen molar-refractivity contribution in [2.75, 3.05) is 0 Å². The molecule has 1 aromatic heterocycles. The number of nitrogens with one attached hydrogen (secondary N) is 1. The van der Waals surface area contributed by atoms with Crippen molar-refractivity contribution in [1.82, 2.24) is 5.32 Å². The van der Waals surface area contributed by atoms with Gasteiger partial charge in [0, 0.05) is 4.47 Å². The Morgan fingerprint density at radius 2 is 1.52 bits per heavy atom. The number of halogens is 1. The zero-order valence-electron chi connectivity index (χ0n) is 15.2. The standard InChI is InChI=1S/C22H22BrNO2S/c1-15(2)20(24-21(25)19-18(23)13-14-27-19)22(26,16-9-5-3-6-10-16)17-11-7-4-8-12-17/h3-15,20,26H,1-2H3,(H,24,25)/t20-/m0/s1. The molecule has 1 atom stereocenters. The summed E-state index contributed by atoms with van der Waals surface area (Å²) in [5.41, 5.74) is 0.150. The number of hydrogen-bond acceptors (Lipinski definition) is 3. The minimum atomic E-state index is -1.35. The second-order valence-corrected chi connectivity index (χ2v) is 8.56. The minimum Gasteiger partial charge on any atom is -0.378 e. The Labute approximate surface area is 172 Å². The Morgan fingerprint density at radius 3 is 1.93 bits per heavy atom. The van der Waals surface area contributed by atoms with Crippen molar-refractivity contribution in [3.8, 4) is 0 Å². The molecule has 27 heavy (non-hydrogen) atoms. The summed E-state index contributed by atoms with van der Waals surface area (Å²) < 4.78 is 0.760. The van der Waals surface area contributed by atoms with Crippen LogP contribution in [0.1, 0.15) is 34.6 Å². The predicted octanol–water partition coefficient (Wildman–Crippen LogP) is 5.20. The van der Waals surface area contributed by atoms with Gasteiger partial charge in [-0.1, -0.05) is 74.5 Å². The Morgan fingerprint density at radius 1 is 1.00 bits per heavy atom. The lowest BCUT2D eigenvalue weighted by Gasteiger charge is -2.40. The molecule has 0 fully saturated rings. The van der Waals surface area contributed by atoms with E-state index in [4.69, 9.17) is 0 Å². The van der Waals surface area contributed by atoms with Crippen LogP contribution < -0.4 is 5.32 Å². The van der Waals surface area contributed by atoms with E-state index >= 15 is 0 Å². The van der Waals surface area contributed by atoms with Crippen LogP contribution in [0.2, 0.25) is 0 Å². The summed E-state index contributed by atoms with van der Waals surface area (Å²) in [6.45, 7) is 4.01. The molecule has 2 aromatic carbocycles. The van der Waals surface area contributed by atoms with Gasteiger partial charge in [0.25, 0.3) is 5.91 Å². The molecule has 0 spiro atoms. The molecular formula is C22H22BrNO2S. The SMILES string of the molecule is CC(C)[C@H](NC(=O)c1sccc1Br)C(O)(c1ccccc1)c1ccccc1. The van der Waals surface area contributed by atoms with Gasteiger partial charge in [-0.05, 0) is 44.4 Å². The van der Waals surface area contributed by atoms with Crippen LogP contribution in [0.15, 0.2) is 76.6 Å². The average Bonchev–Trinajstić information content (AvgIpc) is 3.12. The quantitative estimate of drug-likeness (QED) is 0.549. The first-order chi connectivity index (χ1) is 12.9. The van der Waals surface area contributed by atoms with E-state index in [1.54, 1.807) is 0 Å². The smallest absolute Gasteiger partial charge is 0.262 e. The Balaban J connectivity index is 2.08. The molecule has 0 aliphatic heterocycles. The van der Waals surface area contributed by atoms with Crippen LogP contribution in [0.3, 0.4) is 0 Å². The first kappa shape index (κ1) is 19.8. The van der Waals surface area contributed by atoms with Crippen molar-refractivity contribution >= 4 is 33.2 Å². The van der Waals surface area contributed by atoms with Gasteiger partial charge >= 0.3 is 0 Å². The largest absolute Gasteiger partial charge is 0.378 e. The number of amides is 1. The lowest BCUT2D eigenvalue weighted by molar-refractivity contribution is 0.0186. The zero-order chi connectivity index (χ0) is 19.4. The molecule has 0 unspecified atom stereocenters. The van der Waals surface area contributed by atoms with E-state index < -0.39 is 11.6 Å². The van der Waals surface area contributed by atoms with Crippen molar-refractivity contribution in [1.29, 1.82) is 0 Å². The van der Waals surface area contributed by atoms with Gasteiger partial charge in [0.15, 0.2) is 0 Å². The number of benzene rings is 2. The summed E-state index contributed by atoms with van der Waals surface area (Å²) in [5, 5.41) is 16.9.